The van der Waals surface area contributed by atoms with Gasteiger partial charge in [0, 0.05) is 24.7 Å². The number of phenolic OH excluding ortho intramolecular Hbond substituents is 1. The van der Waals surface area contributed by atoms with E-state index in [9.17, 15) is 14.7 Å². The van der Waals surface area contributed by atoms with E-state index < -0.39 is 0 Å². The van der Waals surface area contributed by atoms with Crippen molar-refractivity contribution in [2.45, 2.75) is 70.0 Å². The number of phenols is 1. The molecule has 0 radical (unpaired) electrons. The van der Waals surface area contributed by atoms with Gasteiger partial charge in [-0.15, -0.1) is 0 Å². The Morgan fingerprint density at radius 1 is 1.14 bits per heavy atom. The van der Waals surface area contributed by atoms with Crippen LogP contribution >= 0.6 is 0 Å². The van der Waals surface area contributed by atoms with Crippen LogP contribution < -0.4 is 20.4 Å². The molecule has 2 amide bonds. The van der Waals surface area contributed by atoms with Gasteiger partial charge in [0.05, 0.1) is 11.9 Å². The molecule has 3 N–H and O–H groups in total. The van der Waals surface area contributed by atoms with Crippen molar-refractivity contribution in [2.24, 2.45) is 0 Å². The number of nitrogens with zero attached hydrogens (tertiary/aromatic N) is 5. The van der Waals surface area contributed by atoms with Gasteiger partial charge < -0.3 is 30.4 Å². The molecule has 2 fully saturated rings. The molecule has 2 aliphatic heterocycles. The summed E-state index contributed by atoms with van der Waals surface area (Å²) in [4.78, 5) is 41.1. The molecule has 1 saturated heterocycles. The van der Waals surface area contributed by atoms with E-state index in [1.165, 1.54) is 6.07 Å². The van der Waals surface area contributed by atoms with Gasteiger partial charge in [-0.25, -0.2) is 4.98 Å². The minimum atomic E-state index is -0.251. The Hall–Kier alpha value is -3.40. The summed E-state index contributed by atoms with van der Waals surface area (Å²) < 4.78 is 0. The summed E-state index contributed by atoms with van der Waals surface area (Å²) >= 11 is 0. The number of benzene rings is 1. The number of amides is 2. The molecule has 2 aromatic rings. The first kappa shape index (κ1) is 25.3. The second kappa shape index (κ2) is 10.5. The van der Waals surface area contributed by atoms with Crippen molar-refractivity contribution in [3.63, 3.8) is 0 Å². The summed E-state index contributed by atoms with van der Waals surface area (Å²) in [5, 5.41) is 16.9. The number of fused-ring (bicyclic) bond motifs is 1. The Morgan fingerprint density at radius 2 is 1.86 bits per heavy atom. The van der Waals surface area contributed by atoms with Crippen LogP contribution in [0.5, 0.6) is 5.75 Å². The van der Waals surface area contributed by atoms with Gasteiger partial charge in [-0.05, 0) is 70.4 Å². The third kappa shape index (κ3) is 5.07. The lowest BCUT2D eigenvalue weighted by Gasteiger charge is -2.43. The molecule has 0 unspecified atom stereocenters. The Morgan fingerprint density at radius 3 is 2.54 bits per heavy atom. The van der Waals surface area contributed by atoms with Crippen LogP contribution in [0, 0.1) is 0 Å². The molecular weight excluding hydrogens is 470 g/mol. The lowest BCUT2D eigenvalue weighted by atomic mass is 10.0. The molecule has 1 aromatic heterocycles. The minimum Gasteiger partial charge on any atom is -0.506 e. The molecule has 1 aliphatic carbocycles. The molecule has 3 aliphatic rings. The van der Waals surface area contributed by atoms with E-state index in [2.05, 4.69) is 32.5 Å². The van der Waals surface area contributed by atoms with E-state index in [1.807, 2.05) is 6.92 Å². The summed E-state index contributed by atoms with van der Waals surface area (Å²) in [6.07, 6.45) is 8.59. The monoisotopic (exact) mass is 507 g/mol. The highest BCUT2D eigenvalue weighted by molar-refractivity contribution is 6.04. The van der Waals surface area contributed by atoms with E-state index in [4.69, 9.17) is 4.98 Å². The molecule has 5 rings (SSSR count). The fourth-order valence-electron chi connectivity index (χ4n) is 5.76. The molecule has 0 bridgehead atoms. The zero-order valence-electron chi connectivity index (χ0n) is 21.9. The average molecular weight is 508 g/mol. The quantitative estimate of drug-likeness (QED) is 0.511. The third-order valence-corrected chi connectivity index (χ3v) is 7.97. The molecule has 10 nitrogen and oxygen atoms in total. The summed E-state index contributed by atoms with van der Waals surface area (Å²) in [5.74, 6) is 0.902. The van der Waals surface area contributed by atoms with Crippen LogP contribution in [-0.4, -0.2) is 77.1 Å². The number of likely N-dealkylation sites (N-methyl/N-ethyl adjacent to an activating group) is 1. The van der Waals surface area contributed by atoms with Gasteiger partial charge in [-0.2, -0.15) is 4.98 Å². The third-order valence-electron chi connectivity index (χ3n) is 7.97. The highest BCUT2D eigenvalue weighted by Gasteiger charge is 2.41. The van der Waals surface area contributed by atoms with Gasteiger partial charge in [-0.3, -0.25) is 9.59 Å². The minimum absolute atomic E-state index is 0.0521. The standard InChI is InChI=1S/C27H37N7O3/c1-4-21-26(37)33(3)22-16-28-27(31-24(22)34(21)19-7-5-6-8-19)30-20-10-9-17(15-23(20)35)25(36)29-18-11-13-32(2)14-12-18/h9-10,15-16,18-19,21,35H,4-8,11-14H2,1-3H3,(H,29,36)(H,28,30,31)/t21-/m1/s1. The second-order valence-corrected chi connectivity index (χ2v) is 10.5. The van der Waals surface area contributed by atoms with Gasteiger partial charge in [0.15, 0.2) is 5.82 Å². The van der Waals surface area contributed by atoms with Gasteiger partial charge in [0.25, 0.3) is 5.91 Å². The van der Waals surface area contributed by atoms with Gasteiger partial charge in [0.1, 0.15) is 17.5 Å². The first-order chi connectivity index (χ1) is 17.9. The number of rotatable bonds is 6. The van der Waals surface area contributed by atoms with Crippen molar-refractivity contribution in [1.29, 1.82) is 0 Å². The lowest BCUT2D eigenvalue weighted by molar-refractivity contribution is -0.120. The second-order valence-electron chi connectivity index (χ2n) is 10.5. The largest absolute Gasteiger partial charge is 0.506 e. The lowest BCUT2D eigenvalue weighted by Crippen LogP contribution is -2.55. The van der Waals surface area contributed by atoms with Crippen LogP contribution in [0.1, 0.15) is 62.2 Å². The Labute approximate surface area is 218 Å². The molecular formula is C27H37N7O3. The molecule has 37 heavy (non-hydrogen) atoms. The fraction of sp³-hybridized carbons (Fsp3) is 0.556. The normalized spacial score (nSPS) is 21.3. The topological polar surface area (TPSA) is 114 Å². The van der Waals surface area contributed by atoms with Crippen LogP contribution in [-0.2, 0) is 4.79 Å². The first-order valence-corrected chi connectivity index (χ1v) is 13.4. The molecule has 1 aromatic carbocycles. The number of hydrogen-bond acceptors (Lipinski definition) is 8. The van der Waals surface area contributed by atoms with Gasteiger partial charge >= 0.3 is 0 Å². The summed E-state index contributed by atoms with van der Waals surface area (Å²) in [7, 11) is 3.85. The average Bonchev–Trinajstić information content (AvgIpc) is 3.43. The van der Waals surface area contributed by atoms with Gasteiger partial charge in [0.2, 0.25) is 11.9 Å². The molecule has 0 spiro atoms. The maximum absolute atomic E-state index is 13.1. The Balaban J connectivity index is 1.35. The van der Waals surface area contributed by atoms with Crippen molar-refractivity contribution < 1.29 is 14.7 Å². The van der Waals surface area contributed by atoms with E-state index in [-0.39, 0.29) is 35.7 Å². The predicted molar refractivity (Wildman–Crippen MR) is 144 cm³/mol. The molecule has 198 valence electrons. The maximum Gasteiger partial charge on any atom is 0.251 e. The summed E-state index contributed by atoms with van der Waals surface area (Å²) in [5.41, 5.74) is 1.51. The molecule has 3 heterocycles. The first-order valence-electron chi connectivity index (χ1n) is 13.4. The van der Waals surface area contributed by atoms with Crippen molar-refractivity contribution in [2.75, 3.05) is 42.3 Å². The maximum atomic E-state index is 13.1. The molecule has 1 atom stereocenters. The number of carbonyl (C=O) groups excluding carboxylic acids is 2. The van der Waals surface area contributed by atoms with E-state index in [1.54, 1.807) is 30.3 Å². The summed E-state index contributed by atoms with van der Waals surface area (Å²) in [6.45, 7) is 3.95. The Kier molecular flexibility index (Phi) is 7.19. The van der Waals surface area contributed by atoms with E-state index in [0.717, 1.165) is 57.4 Å². The van der Waals surface area contributed by atoms with Gasteiger partial charge in [-0.1, -0.05) is 19.8 Å². The van der Waals surface area contributed by atoms with E-state index >= 15 is 0 Å². The molecule has 1 saturated carbocycles. The number of likely N-dealkylation sites (tertiary alicyclic amines) is 1. The van der Waals surface area contributed by atoms with Crippen LogP contribution in [0.15, 0.2) is 24.4 Å². The van der Waals surface area contributed by atoms with E-state index in [0.29, 0.717) is 29.3 Å². The smallest absolute Gasteiger partial charge is 0.251 e. The zero-order chi connectivity index (χ0) is 26.1. The number of carbonyl (C=O) groups is 2. The van der Waals surface area contributed by atoms with Crippen LogP contribution in [0.25, 0.3) is 0 Å². The number of nitrogens with one attached hydrogen (secondary N) is 2. The number of hydrogen-bond donors (Lipinski definition) is 3. The van der Waals surface area contributed by atoms with Crippen molar-refractivity contribution >= 4 is 35.0 Å². The number of anilines is 4. The van der Waals surface area contributed by atoms with Crippen LogP contribution in [0.4, 0.5) is 23.1 Å². The number of aromatic nitrogens is 2. The Bertz CT molecular complexity index is 1160. The zero-order valence-corrected chi connectivity index (χ0v) is 21.9. The number of aromatic hydroxyl groups is 1. The summed E-state index contributed by atoms with van der Waals surface area (Å²) in [6, 6.07) is 5.00. The van der Waals surface area contributed by atoms with Crippen molar-refractivity contribution in [3.8, 4) is 5.75 Å². The highest BCUT2D eigenvalue weighted by Crippen LogP contribution is 2.40. The van der Waals surface area contributed by atoms with Crippen molar-refractivity contribution in [1.82, 2.24) is 20.2 Å². The van der Waals surface area contributed by atoms with Crippen molar-refractivity contribution in [3.05, 3.63) is 30.0 Å². The number of piperidine rings is 1. The predicted octanol–water partition coefficient (Wildman–Crippen LogP) is 3.25. The SMILES string of the molecule is CC[C@@H]1C(=O)N(C)c2cnc(Nc3ccc(C(=O)NC4CCN(C)CC4)cc3O)nc2N1C1CCCC1. The highest BCUT2D eigenvalue weighted by atomic mass is 16.3. The molecule has 10 heteroatoms. The van der Waals surface area contributed by atoms with Crippen LogP contribution in [0.3, 0.4) is 0 Å². The van der Waals surface area contributed by atoms with Crippen LogP contribution in [0.2, 0.25) is 0 Å². The fourth-order valence-corrected chi connectivity index (χ4v) is 5.76.